The van der Waals surface area contributed by atoms with Crippen LogP contribution in [0.25, 0.3) is 0 Å². The molecule has 1 saturated carbocycles. The first kappa shape index (κ1) is 15.7. The van der Waals surface area contributed by atoms with Gasteiger partial charge in [0, 0.05) is 39.3 Å². The zero-order chi connectivity index (χ0) is 14.9. The molecule has 2 unspecified atom stereocenters. The zero-order valence-electron chi connectivity index (χ0n) is 12.8. The van der Waals surface area contributed by atoms with Crippen molar-refractivity contribution in [1.29, 1.82) is 0 Å². The van der Waals surface area contributed by atoms with Crippen molar-refractivity contribution >= 4 is 10.2 Å². The predicted octanol–water partition coefficient (Wildman–Crippen LogP) is 0.416. The quantitative estimate of drug-likeness (QED) is 0.771. The zero-order valence-corrected chi connectivity index (χ0v) is 13.6. The molecule has 0 radical (unpaired) electrons. The molecule has 122 valence electrons. The van der Waals surface area contributed by atoms with Gasteiger partial charge in [-0.3, -0.25) is 0 Å². The van der Waals surface area contributed by atoms with E-state index in [4.69, 9.17) is 4.74 Å². The summed E-state index contributed by atoms with van der Waals surface area (Å²) < 4.78 is 34.0. The molecule has 0 bridgehead atoms. The molecular formula is C14H27N3O3S. The summed E-state index contributed by atoms with van der Waals surface area (Å²) in [4.78, 5) is 0. The van der Waals surface area contributed by atoms with E-state index in [2.05, 4.69) is 5.32 Å². The summed E-state index contributed by atoms with van der Waals surface area (Å²) in [6.07, 6.45) is 5.51. The number of piperidine rings is 1. The van der Waals surface area contributed by atoms with Gasteiger partial charge < -0.3 is 10.1 Å². The Balaban J connectivity index is 1.56. The molecule has 3 fully saturated rings. The van der Waals surface area contributed by atoms with E-state index < -0.39 is 10.2 Å². The Labute approximate surface area is 128 Å². The minimum Gasteiger partial charge on any atom is -0.380 e. The second-order valence-corrected chi connectivity index (χ2v) is 8.49. The van der Waals surface area contributed by atoms with Crippen LogP contribution in [0.3, 0.4) is 0 Å². The van der Waals surface area contributed by atoms with E-state index in [1.165, 1.54) is 12.8 Å². The number of ether oxygens (including phenoxy) is 1. The fourth-order valence-electron chi connectivity index (χ4n) is 3.29. The molecule has 0 amide bonds. The van der Waals surface area contributed by atoms with Gasteiger partial charge >= 0.3 is 0 Å². The van der Waals surface area contributed by atoms with Crippen LogP contribution in [-0.4, -0.2) is 69.0 Å². The number of rotatable bonds is 6. The first-order valence-corrected chi connectivity index (χ1v) is 9.50. The molecule has 2 atom stereocenters. The van der Waals surface area contributed by atoms with Gasteiger partial charge in [0.25, 0.3) is 10.2 Å². The summed E-state index contributed by atoms with van der Waals surface area (Å²) >= 11 is 0. The van der Waals surface area contributed by atoms with Crippen molar-refractivity contribution in [2.45, 2.75) is 44.2 Å². The molecule has 1 aliphatic carbocycles. The standard InChI is InChI=1S/C14H27N3O3S/c1-20-14-6-8-17(11-14)21(18,19)16-7-2-3-12(10-16)9-15-13-4-5-13/h12-15H,2-11H2,1H3. The van der Waals surface area contributed by atoms with Crippen LogP contribution in [0.2, 0.25) is 0 Å². The summed E-state index contributed by atoms with van der Waals surface area (Å²) in [5.41, 5.74) is 0. The maximum absolute atomic E-state index is 12.7. The maximum Gasteiger partial charge on any atom is 0.282 e. The molecule has 6 nitrogen and oxygen atoms in total. The van der Waals surface area contributed by atoms with Crippen molar-refractivity contribution in [3.05, 3.63) is 0 Å². The van der Waals surface area contributed by atoms with Crippen molar-refractivity contribution in [2.75, 3.05) is 39.8 Å². The molecule has 2 saturated heterocycles. The molecule has 2 heterocycles. The average Bonchev–Trinajstić information content (AvgIpc) is 3.19. The van der Waals surface area contributed by atoms with Crippen molar-refractivity contribution in [2.24, 2.45) is 5.92 Å². The highest BCUT2D eigenvalue weighted by molar-refractivity contribution is 7.86. The van der Waals surface area contributed by atoms with E-state index in [-0.39, 0.29) is 6.10 Å². The largest absolute Gasteiger partial charge is 0.380 e. The van der Waals surface area contributed by atoms with Crippen molar-refractivity contribution in [3.8, 4) is 0 Å². The fourth-order valence-corrected chi connectivity index (χ4v) is 5.06. The van der Waals surface area contributed by atoms with Gasteiger partial charge in [-0.2, -0.15) is 17.0 Å². The van der Waals surface area contributed by atoms with Crippen LogP contribution in [-0.2, 0) is 14.9 Å². The SMILES string of the molecule is COC1CCN(S(=O)(=O)N2CCCC(CNC3CC3)C2)C1. The minimum atomic E-state index is -3.30. The Morgan fingerprint density at radius 3 is 2.52 bits per heavy atom. The van der Waals surface area contributed by atoms with Crippen LogP contribution in [0.5, 0.6) is 0 Å². The minimum absolute atomic E-state index is 0.0527. The third kappa shape index (κ3) is 3.76. The Morgan fingerprint density at radius 2 is 1.86 bits per heavy atom. The number of hydrogen-bond donors (Lipinski definition) is 1. The molecule has 1 N–H and O–H groups in total. The number of nitrogens with one attached hydrogen (secondary N) is 1. The Morgan fingerprint density at radius 1 is 1.10 bits per heavy atom. The predicted molar refractivity (Wildman–Crippen MR) is 81.2 cm³/mol. The summed E-state index contributed by atoms with van der Waals surface area (Å²) in [7, 11) is -1.65. The van der Waals surface area contributed by atoms with E-state index in [1.807, 2.05) is 0 Å². The van der Waals surface area contributed by atoms with Crippen LogP contribution in [0.1, 0.15) is 32.1 Å². The lowest BCUT2D eigenvalue weighted by molar-refractivity contribution is 0.114. The summed E-state index contributed by atoms with van der Waals surface area (Å²) in [6, 6.07) is 0.693. The molecule has 2 aliphatic heterocycles. The Hall–Kier alpha value is -0.210. The molecule has 3 aliphatic rings. The van der Waals surface area contributed by atoms with Crippen LogP contribution >= 0.6 is 0 Å². The number of hydrogen-bond acceptors (Lipinski definition) is 4. The van der Waals surface area contributed by atoms with Gasteiger partial charge in [-0.15, -0.1) is 0 Å². The Kier molecular flexibility index (Phi) is 4.85. The van der Waals surface area contributed by atoms with Crippen LogP contribution in [0, 0.1) is 5.92 Å². The van der Waals surface area contributed by atoms with Gasteiger partial charge in [-0.1, -0.05) is 0 Å². The molecule has 0 aromatic carbocycles. The molecule has 21 heavy (non-hydrogen) atoms. The lowest BCUT2D eigenvalue weighted by Gasteiger charge is -2.34. The summed E-state index contributed by atoms with van der Waals surface area (Å²) in [5, 5.41) is 3.53. The van der Waals surface area contributed by atoms with Crippen molar-refractivity contribution < 1.29 is 13.2 Å². The Bertz CT molecular complexity index is 452. The lowest BCUT2D eigenvalue weighted by atomic mass is 10.00. The van der Waals surface area contributed by atoms with Gasteiger partial charge in [-0.25, -0.2) is 0 Å². The monoisotopic (exact) mass is 317 g/mol. The summed E-state index contributed by atoms with van der Waals surface area (Å²) in [5.74, 6) is 0.454. The van der Waals surface area contributed by atoms with Gasteiger partial charge in [0.05, 0.1) is 6.10 Å². The van der Waals surface area contributed by atoms with Crippen molar-refractivity contribution in [3.63, 3.8) is 0 Å². The molecular weight excluding hydrogens is 290 g/mol. The smallest absolute Gasteiger partial charge is 0.282 e. The first-order valence-electron chi connectivity index (χ1n) is 8.11. The van der Waals surface area contributed by atoms with E-state index >= 15 is 0 Å². The third-order valence-electron chi connectivity index (χ3n) is 4.85. The third-order valence-corrected chi connectivity index (χ3v) is 6.82. The summed E-state index contributed by atoms with van der Waals surface area (Å²) in [6.45, 7) is 3.37. The molecule has 0 spiro atoms. The van der Waals surface area contributed by atoms with E-state index in [0.29, 0.717) is 38.1 Å². The highest BCUT2D eigenvalue weighted by Crippen LogP contribution is 2.25. The van der Waals surface area contributed by atoms with E-state index in [9.17, 15) is 8.42 Å². The second-order valence-electron chi connectivity index (χ2n) is 6.56. The highest BCUT2D eigenvalue weighted by atomic mass is 32.2. The normalized spacial score (nSPS) is 32.6. The molecule has 0 aromatic heterocycles. The molecule has 3 rings (SSSR count). The van der Waals surface area contributed by atoms with Crippen molar-refractivity contribution in [1.82, 2.24) is 13.9 Å². The van der Waals surface area contributed by atoms with Gasteiger partial charge in [0.15, 0.2) is 0 Å². The lowest BCUT2D eigenvalue weighted by Crippen LogP contribution is -2.49. The van der Waals surface area contributed by atoms with E-state index in [0.717, 1.165) is 25.8 Å². The van der Waals surface area contributed by atoms with Gasteiger partial charge in [0.2, 0.25) is 0 Å². The van der Waals surface area contributed by atoms with Crippen LogP contribution in [0.4, 0.5) is 0 Å². The topological polar surface area (TPSA) is 61.9 Å². The number of nitrogens with zero attached hydrogens (tertiary/aromatic N) is 2. The average molecular weight is 317 g/mol. The molecule has 7 heteroatoms. The highest BCUT2D eigenvalue weighted by Gasteiger charge is 2.37. The first-order chi connectivity index (χ1) is 10.1. The number of methoxy groups -OCH3 is 1. The van der Waals surface area contributed by atoms with Gasteiger partial charge in [0.1, 0.15) is 0 Å². The second kappa shape index (κ2) is 6.50. The van der Waals surface area contributed by atoms with E-state index in [1.54, 1.807) is 15.7 Å². The van der Waals surface area contributed by atoms with Crippen LogP contribution < -0.4 is 5.32 Å². The van der Waals surface area contributed by atoms with Crippen LogP contribution in [0.15, 0.2) is 0 Å². The maximum atomic E-state index is 12.7. The molecule has 0 aromatic rings. The van der Waals surface area contributed by atoms with Gasteiger partial charge in [-0.05, 0) is 44.6 Å². The fraction of sp³-hybridized carbons (Fsp3) is 1.00.